The molecule has 0 radical (unpaired) electrons. The Hall–Kier alpha value is -1.84. The maximum absolute atomic E-state index is 5.51. The minimum atomic E-state index is 0.133. The molecule has 0 saturated heterocycles. The molecule has 0 amide bonds. The van der Waals surface area contributed by atoms with Crippen molar-refractivity contribution in [3.63, 3.8) is 0 Å². The maximum atomic E-state index is 5.51. The van der Waals surface area contributed by atoms with Crippen LogP contribution in [-0.4, -0.2) is 14.2 Å². The molecule has 0 saturated carbocycles. The third-order valence-corrected chi connectivity index (χ3v) is 4.54. The molecule has 0 aliphatic rings. The van der Waals surface area contributed by atoms with Gasteiger partial charge in [-0.2, -0.15) is 0 Å². The Morgan fingerprint density at radius 3 is 2.60 bits per heavy atom. The quantitative estimate of drug-likeness (QED) is 0.774. The van der Waals surface area contributed by atoms with Gasteiger partial charge in [-0.15, -0.1) is 11.3 Å². The van der Waals surface area contributed by atoms with E-state index >= 15 is 0 Å². The van der Waals surface area contributed by atoms with Crippen molar-refractivity contribution in [2.24, 2.45) is 0 Å². The van der Waals surface area contributed by atoms with E-state index in [0.29, 0.717) is 0 Å². The van der Waals surface area contributed by atoms with Gasteiger partial charge in [0, 0.05) is 10.3 Å². The van der Waals surface area contributed by atoms with Crippen molar-refractivity contribution in [3.05, 3.63) is 65.0 Å². The second-order valence-electron chi connectivity index (χ2n) is 4.65. The van der Waals surface area contributed by atoms with E-state index in [1.54, 1.807) is 18.4 Å². The van der Waals surface area contributed by atoms with Crippen LogP contribution in [0, 0.1) is 0 Å². The number of ether oxygens (including phenoxy) is 1. The molecule has 2 nitrogen and oxygen atoms in total. The molecule has 3 heteroatoms. The van der Waals surface area contributed by atoms with Gasteiger partial charge in [0.05, 0.1) is 13.2 Å². The van der Waals surface area contributed by atoms with Crippen molar-refractivity contribution in [2.75, 3.05) is 14.2 Å². The van der Waals surface area contributed by atoms with Gasteiger partial charge in [-0.05, 0) is 35.5 Å². The average molecular weight is 283 g/mol. The summed E-state index contributed by atoms with van der Waals surface area (Å²) < 4.78 is 6.84. The molecule has 0 aliphatic carbocycles. The molecule has 1 heterocycles. The van der Waals surface area contributed by atoms with Gasteiger partial charge in [-0.3, -0.25) is 0 Å². The van der Waals surface area contributed by atoms with Crippen LogP contribution < -0.4 is 10.1 Å². The Labute approximate surface area is 123 Å². The number of hydrogen-bond acceptors (Lipinski definition) is 3. The van der Waals surface area contributed by atoms with E-state index in [4.69, 9.17) is 4.74 Å². The highest BCUT2D eigenvalue weighted by Gasteiger charge is 2.18. The second-order valence-corrected chi connectivity index (χ2v) is 5.57. The lowest BCUT2D eigenvalue weighted by atomic mass is 9.97. The predicted octanol–water partition coefficient (Wildman–Crippen LogP) is 4.22. The average Bonchev–Trinajstić information content (AvgIpc) is 2.98. The number of nitrogens with one attached hydrogen (secondary N) is 1. The molecule has 1 atom stereocenters. The van der Waals surface area contributed by atoms with E-state index in [0.717, 1.165) is 5.75 Å². The highest BCUT2D eigenvalue weighted by molar-refractivity contribution is 7.17. The molecule has 1 N–H and O–H groups in total. The highest BCUT2D eigenvalue weighted by atomic mass is 32.1. The predicted molar refractivity (Wildman–Crippen MR) is 85.7 cm³/mol. The Morgan fingerprint density at radius 1 is 1.00 bits per heavy atom. The van der Waals surface area contributed by atoms with Gasteiger partial charge in [0.25, 0.3) is 0 Å². The number of rotatable bonds is 4. The Bertz CT molecular complexity index is 720. The van der Waals surface area contributed by atoms with Crippen molar-refractivity contribution < 1.29 is 4.74 Å². The molecule has 0 spiro atoms. The van der Waals surface area contributed by atoms with Crippen LogP contribution in [0.1, 0.15) is 17.2 Å². The third kappa shape index (κ3) is 2.19. The van der Waals surface area contributed by atoms with E-state index in [9.17, 15) is 0 Å². The Balaban J connectivity index is 2.16. The van der Waals surface area contributed by atoms with Gasteiger partial charge in [0.2, 0.25) is 0 Å². The summed E-state index contributed by atoms with van der Waals surface area (Å²) in [7, 11) is 3.71. The molecule has 3 aromatic rings. The standard InChI is InChI=1S/C17H17NOS/c1-18-16(13-7-3-4-9-15(13)19-2)14-8-5-6-12-10-11-20-17(12)14/h3-11,16,18H,1-2H3. The zero-order valence-corrected chi connectivity index (χ0v) is 12.4. The van der Waals surface area contributed by atoms with Gasteiger partial charge in [-0.1, -0.05) is 36.4 Å². The van der Waals surface area contributed by atoms with Crippen molar-refractivity contribution >= 4 is 21.4 Å². The molecule has 102 valence electrons. The normalized spacial score (nSPS) is 12.5. The molecule has 0 aliphatic heterocycles. The smallest absolute Gasteiger partial charge is 0.123 e. The molecule has 0 fully saturated rings. The first-order valence-electron chi connectivity index (χ1n) is 6.61. The second kappa shape index (κ2) is 5.65. The van der Waals surface area contributed by atoms with E-state index in [2.05, 4.69) is 47.1 Å². The zero-order valence-electron chi connectivity index (χ0n) is 11.6. The summed E-state index contributed by atoms with van der Waals surface area (Å²) in [5.74, 6) is 0.917. The molecule has 1 aromatic heterocycles. The number of para-hydroxylation sites is 1. The van der Waals surface area contributed by atoms with Gasteiger partial charge < -0.3 is 10.1 Å². The topological polar surface area (TPSA) is 21.3 Å². The molecule has 2 aromatic carbocycles. The van der Waals surface area contributed by atoms with E-state index < -0.39 is 0 Å². The fraction of sp³-hybridized carbons (Fsp3) is 0.176. The number of benzene rings is 2. The molecule has 20 heavy (non-hydrogen) atoms. The maximum Gasteiger partial charge on any atom is 0.123 e. The monoisotopic (exact) mass is 283 g/mol. The first-order chi connectivity index (χ1) is 9.85. The van der Waals surface area contributed by atoms with Gasteiger partial charge in [0.1, 0.15) is 5.75 Å². The van der Waals surface area contributed by atoms with Gasteiger partial charge in [0.15, 0.2) is 0 Å². The molecular weight excluding hydrogens is 266 g/mol. The van der Waals surface area contributed by atoms with Crippen LogP contribution in [0.25, 0.3) is 10.1 Å². The number of methoxy groups -OCH3 is 1. The van der Waals surface area contributed by atoms with Crippen LogP contribution in [0.4, 0.5) is 0 Å². The van der Waals surface area contributed by atoms with Crippen molar-refractivity contribution in [3.8, 4) is 5.75 Å². The molecular formula is C17H17NOS. The van der Waals surface area contributed by atoms with Crippen molar-refractivity contribution in [1.82, 2.24) is 5.32 Å². The van der Waals surface area contributed by atoms with Crippen LogP contribution in [0.5, 0.6) is 5.75 Å². The molecule has 0 bridgehead atoms. The first kappa shape index (κ1) is 13.2. The number of hydrogen-bond donors (Lipinski definition) is 1. The van der Waals surface area contributed by atoms with Gasteiger partial charge in [-0.25, -0.2) is 0 Å². The lowest BCUT2D eigenvalue weighted by Gasteiger charge is -2.20. The van der Waals surface area contributed by atoms with E-state index in [1.807, 2.05) is 19.2 Å². The van der Waals surface area contributed by atoms with Crippen LogP contribution in [0.3, 0.4) is 0 Å². The summed E-state index contributed by atoms with van der Waals surface area (Å²) in [6, 6.07) is 16.9. The Kier molecular flexibility index (Phi) is 3.72. The summed E-state index contributed by atoms with van der Waals surface area (Å²) >= 11 is 1.78. The molecule has 3 rings (SSSR count). The lowest BCUT2D eigenvalue weighted by molar-refractivity contribution is 0.405. The minimum Gasteiger partial charge on any atom is -0.496 e. The third-order valence-electron chi connectivity index (χ3n) is 3.56. The van der Waals surface area contributed by atoms with E-state index in [-0.39, 0.29) is 6.04 Å². The lowest BCUT2D eigenvalue weighted by Crippen LogP contribution is -2.18. The highest BCUT2D eigenvalue weighted by Crippen LogP contribution is 2.35. The van der Waals surface area contributed by atoms with Crippen LogP contribution in [0.2, 0.25) is 0 Å². The zero-order chi connectivity index (χ0) is 13.9. The molecule has 1 unspecified atom stereocenters. The summed E-state index contributed by atoms with van der Waals surface area (Å²) in [5.41, 5.74) is 2.46. The fourth-order valence-corrected chi connectivity index (χ4v) is 3.57. The van der Waals surface area contributed by atoms with Gasteiger partial charge >= 0.3 is 0 Å². The fourth-order valence-electron chi connectivity index (χ4n) is 2.63. The summed E-state index contributed by atoms with van der Waals surface area (Å²) in [5, 5.41) is 6.85. The van der Waals surface area contributed by atoms with Crippen molar-refractivity contribution in [1.29, 1.82) is 0 Å². The summed E-state index contributed by atoms with van der Waals surface area (Å²) in [6.07, 6.45) is 0. The van der Waals surface area contributed by atoms with Crippen molar-refractivity contribution in [2.45, 2.75) is 6.04 Å². The minimum absolute atomic E-state index is 0.133. The first-order valence-corrected chi connectivity index (χ1v) is 7.49. The SMILES string of the molecule is CNC(c1ccccc1OC)c1cccc2ccsc12. The van der Waals surface area contributed by atoms with Crippen LogP contribution in [0.15, 0.2) is 53.9 Å². The largest absolute Gasteiger partial charge is 0.496 e. The number of thiophene rings is 1. The summed E-state index contributed by atoms with van der Waals surface area (Å²) in [4.78, 5) is 0. The van der Waals surface area contributed by atoms with Crippen LogP contribution >= 0.6 is 11.3 Å². The number of fused-ring (bicyclic) bond motifs is 1. The van der Waals surface area contributed by atoms with E-state index in [1.165, 1.54) is 21.2 Å². The Morgan fingerprint density at radius 2 is 1.80 bits per heavy atom. The summed E-state index contributed by atoms with van der Waals surface area (Å²) in [6.45, 7) is 0. The van der Waals surface area contributed by atoms with Crippen LogP contribution in [-0.2, 0) is 0 Å².